The Hall–Kier alpha value is -1.55. The quantitative estimate of drug-likeness (QED) is 0.396. The lowest BCUT2D eigenvalue weighted by Gasteiger charge is -2.17. The third-order valence-electron chi connectivity index (χ3n) is 3.76. The first-order valence-corrected chi connectivity index (χ1v) is 10.7. The number of nitrogens with zero attached hydrogens (tertiary/aromatic N) is 1. The van der Waals surface area contributed by atoms with E-state index in [1.54, 1.807) is 0 Å². The highest BCUT2D eigenvalue weighted by atomic mass is 16.5. The number of aliphatic hydroxyl groups is 1. The maximum Gasteiger partial charge on any atom is 0.129 e. The molecule has 0 bridgehead atoms. The van der Waals surface area contributed by atoms with E-state index in [-0.39, 0.29) is 0 Å². The van der Waals surface area contributed by atoms with Gasteiger partial charge in [-0.1, -0.05) is 54.2 Å². The van der Waals surface area contributed by atoms with Gasteiger partial charge in [0.05, 0.1) is 6.26 Å². The number of rotatable bonds is 8. The Kier molecular flexibility index (Phi) is 21.3. The highest BCUT2D eigenvalue weighted by Crippen LogP contribution is 2.20. The molecule has 0 radical (unpaired) electrons. The first-order valence-electron chi connectivity index (χ1n) is 10.7. The number of aryl methyl sites for hydroxylation is 2. The molecule has 0 fully saturated rings. The molecule has 0 unspecified atom stereocenters. The van der Waals surface area contributed by atoms with Crippen LogP contribution in [-0.4, -0.2) is 29.8 Å². The van der Waals surface area contributed by atoms with Gasteiger partial charge in [-0.3, -0.25) is 0 Å². The third-order valence-corrected chi connectivity index (χ3v) is 3.76. The number of aromatic nitrogens is 1. The number of anilines is 1. The van der Waals surface area contributed by atoms with Crippen molar-refractivity contribution in [2.24, 2.45) is 5.92 Å². The average molecular weight is 381 g/mol. The maximum atomic E-state index is 7.33. The Morgan fingerprint density at radius 1 is 1.19 bits per heavy atom. The fourth-order valence-corrected chi connectivity index (χ4v) is 2.44. The summed E-state index contributed by atoms with van der Waals surface area (Å²) < 4.78 is 5.64. The second-order valence-corrected chi connectivity index (χ2v) is 6.28. The van der Waals surface area contributed by atoms with E-state index in [4.69, 9.17) is 14.8 Å². The number of hydrogen-bond donors (Lipinski definition) is 2. The van der Waals surface area contributed by atoms with Crippen LogP contribution in [0.2, 0.25) is 0 Å². The van der Waals surface area contributed by atoms with Crippen molar-refractivity contribution in [2.75, 3.05) is 25.1 Å². The van der Waals surface area contributed by atoms with Crippen LogP contribution in [0.3, 0.4) is 0 Å². The van der Waals surface area contributed by atoms with Crippen LogP contribution >= 0.6 is 0 Å². The first kappa shape index (κ1) is 27.7. The molecule has 1 aliphatic rings. The second-order valence-electron chi connectivity index (χ2n) is 6.28. The van der Waals surface area contributed by atoms with Crippen molar-refractivity contribution < 1.29 is 9.84 Å². The van der Waals surface area contributed by atoms with Crippen molar-refractivity contribution in [3.8, 4) is 0 Å². The Balaban J connectivity index is 0. The monoisotopic (exact) mass is 380 g/mol. The SMILES string of the molecule is C=CO.CC.CC.CC(C)CCOCCCCc1ccc2c(n1)NCCC2. The molecule has 1 aromatic heterocycles. The van der Waals surface area contributed by atoms with Crippen LogP contribution in [0.15, 0.2) is 25.0 Å². The van der Waals surface area contributed by atoms with E-state index in [1.165, 1.54) is 24.1 Å². The van der Waals surface area contributed by atoms with Crippen LogP contribution in [0.4, 0.5) is 5.82 Å². The van der Waals surface area contributed by atoms with Crippen molar-refractivity contribution in [1.82, 2.24) is 4.98 Å². The molecule has 0 atom stereocenters. The lowest BCUT2D eigenvalue weighted by molar-refractivity contribution is 0.120. The van der Waals surface area contributed by atoms with Gasteiger partial charge < -0.3 is 15.2 Å². The highest BCUT2D eigenvalue weighted by Gasteiger charge is 2.09. The molecule has 0 aromatic carbocycles. The Labute approximate surface area is 168 Å². The molecular weight excluding hydrogens is 336 g/mol. The standard InChI is InChI=1S/C17H28N2O.C2H4O.2C2H6/c1-14(2)10-13-20-12-4-3-7-16-9-8-15-6-5-11-18-17(15)19-16;1-2-3;2*1-2/h8-9,14H,3-7,10-13H2,1-2H3,(H,18,19);2-3H,1H2;2*1-2H3. The molecule has 0 aliphatic carbocycles. The van der Waals surface area contributed by atoms with Crippen LogP contribution in [-0.2, 0) is 17.6 Å². The minimum Gasteiger partial charge on any atom is -0.516 e. The molecule has 0 saturated carbocycles. The summed E-state index contributed by atoms with van der Waals surface area (Å²) in [6, 6.07) is 4.43. The molecule has 2 N–H and O–H groups in total. The Bertz CT molecular complexity index is 448. The van der Waals surface area contributed by atoms with Gasteiger partial charge in [0, 0.05) is 25.5 Å². The molecule has 1 aromatic rings. The van der Waals surface area contributed by atoms with Gasteiger partial charge in [0.25, 0.3) is 0 Å². The van der Waals surface area contributed by atoms with Gasteiger partial charge >= 0.3 is 0 Å². The maximum absolute atomic E-state index is 7.33. The van der Waals surface area contributed by atoms with E-state index in [0.717, 1.165) is 63.4 Å². The van der Waals surface area contributed by atoms with Gasteiger partial charge in [-0.2, -0.15) is 0 Å². The summed E-state index contributed by atoms with van der Waals surface area (Å²) in [6.45, 7) is 18.2. The molecular formula is C23H44N2O2. The van der Waals surface area contributed by atoms with Crippen molar-refractivity contribution >= 4 is 5.82 Å². The van der Waals surface area contributed by atoms with E-state index in [9.17, 15) is 0 Å². The van der Waals surface area contributed by atoms with E-state index < -0.39 is 0 Å². The van der Waals surface area contributed by atoms with Crippen LogP contribution in [0.5, 0.6) is 0 Å². The second kappa shape index (κ2) is 20.8. The Morgan fingerprint density at radius 2 is 1.85 bits per heavy atom. The summed E-state index contributed by atoms with van der Waals surface area (Å²) in [5.74, 6) is 1.85. The summed E-state index contributed by atoms with van der Waals surface area (Å²) >= 11 is 0. The highest BCUT2D eigenvalue weighted by molar-refractivity contribution is 5.46. The zero-order valence-electron chi connectivity index (χ0n) is 18.7. The van der Waals surface area contributed by atoms with Crippen molar-refractivity contribution in [3.63, 3.8) is 0 Å². The predicted molar refractivity (Wildman–Crippen MR) is 120 cm³/mol. The Morgan fingerprint density at radius 3 is 2.48 bits per heavy atom. The fraction of sp³-hybridized carbons (Fsp3) is 0.696. The van der Waals surface area contributed by atoms with Gasteiger partial charge in [-0.05, 0) is 56.1 Å². The fourth-order valence-electron chi connectivity index (χ4n) is 2.44. The number of aliphatic hydroxyl groups excluding tert-OH is 1. The van der Waals surface area contributed by atoms with E-state index in [1.807, 2.05) is 27.7 Å². The number of hydrogen-bond acceptors (Lipinski definition) is 4. The first-order chi connectivity index (χ1) is 13.2. The normalized spacial score (nSPS) is 11.4. The van der Waals surface area contributed by atoms with Gasteiger partial charge in [0.2, 0.25) is 0 Å². The number of unbranched alkanes of at least 4 members (excludes halogenated alkanes) is 1. The zero-order valence-corrected chi connectivity index (χ0v) is 18.7. The molecule has 2 rings (SSSR count). The summed E-state index contributed by atoms with van der Waals surface area (Å²) in [6.07, 6.45) is 7.65. The zero-order chi connectivity index (χ0) is 20.9. The number of nitrogens with one attached hydrogen (secondary N) is 1. The molecule has 2 heterocycles. The van der Waals surface area contributed by atoms with Crippen molar-refractivity contribution in [1.29, 1.82) is 0 Å². The molecule has 0 spiro atoms. The van der Waals surface area contributed by atoms with Gasteiger partial charge in [0.15, 0.2) is 0 Å². The van der Waals surface area contributed by atoms with Crippen molar-refractivity contribution in [3.05, 3.63) is 36.2 Å². The molecule has 4 nitrogen and oxygen atoms in total. The molecule has 0 amide bonds. The molecule has 27 heavy (non-hydrogen) atoms. The minimum absolute atomic E-state index is 0.738. The lowest BCUT2D eigenvalue weighted by atomic mass is 10.1. The van der Waals surface area contributed by atoms with E-state index in [2.05, 4.69) is 37.9 Å². The van der Waals surface area contributed by atoms with Gasteiger partial charge in [-0.15, -0.1) is 0 Å². The van der Waals surface area contributed by atoms with Crippen LogP contribution in [0.1, 0.15) is 78.5 Å². The topological polar surface area (TPSA) is 54.4 Å². The smallest absolute Gasteiger partial charge is 0.129 e. The number of fused-ring (bicyclic) bond motifs is 1. The van der Waals surface area contributed by atoms with Crippen LogP contribution in [0, 0.1) is 5.92 Å². The molecule has 0 saturated heterocycles. The summed E-state index contributed by atoms with van der Waals surface area (Å²) in [5, 5.41) is 10.7. The van der Waals surface area contributed by atoms with Gasteiger partial charge in [0.1, 0.15) is 5.82 Å². The molecule has 158 valence electrons. The number of pyridine rings is 1. The summed E-state index contributed by atoms with van der Waals surface area (Å²) in [7, 11) is 0. The van der Waals surface area contributed by atoms with E-state index >= 15 is 0 Å². The minimum atomic E-state index is 0.738. The summed E-state index contributed by atoms with van der Waals surface area (Å²) in [4.78, 5) is 4.72. The molecule has 1 aliphatic heterocycles. The predicted octanol–water partition coefficient (Wildman–Crippen LogP) is 6.57. The molecule has 4 heteroatoms. The average Bonchev–Trinajstić information content (AvgIpc) is 2.70. The number of ether oxygens (including phenoxy) is 1. The van der Waals surface area contributed by atoms with E-state index in [0.29, 0.717) is 0 Å². The van der Waals surface area contributed by atoms with Crippen LogP contribution < -0.4 is 5.32 Å². The van der Waals surface area contributed by atoms with Crippen molar-refractivity contribution in [2.45, 2.75) is 80.1 Å². The largest absolute Gasteiger partial charge is 0.516 e. The summed E-state index contributed by atoms with van der Waals surface area (Å²) in [5.41, 5.74) is 2.58. The van der Waals surface area contributed by atoms with Gasteiger partial charge in [-0.25, -0.2) is 4.98 Å². The third kappa shape index (κ3) is 15.2. The lowest BCUT2D eigenvalue weighted by Crippen LogP contribution is -2.14. The van der Waals surface area contributed by atoms with Crippen LogP contribution in [0.25, 0.3) is 0 Å².